The van der Waals surface area contributed by atoms with Gasteiger partial charge in [0.1, 0.15) is 5.75 Å². The summed E-state index contributed by atoms with van der Waals surface area (Å²) in [5.74, 6) is 1.30. The van der Waals surface area contributed by atoms with E-state index in [0.29, 0.717) is 21.8 Å². The summed E-state index contributed by atoms with van der Waals surface area (Å²) in [5, 5.41) is 3.98. The molecule has 0 bridgehead atoms. The summed E-state index contributed by atoms with van der Waals surface area (Å²) < 4.78 is 38.6. The first-order valence-electron chi connectivity index (χ1n) is 9.42. The number of nitrogens with zero attached hydrogens (tertiary/aromatic N) is 3. The molecule has 0 saturated heterocycles. The molecule has 1 aromatic heterocycles. The zero-order valence-corrected chi connectivity index (χ0v) is 18.4. The first kappa shape index (κ1) is 21.7. The number of rotatable bonds is 8. The van der Waals surface area contributed by atoms with Gasteiger partial charge in [-0.3, -0.25) is 0 Å². The van der Waals surface area contributed by atoms with Crippen molar-refractivity contribution in [3.8, 4) is 17.1 Å². The fourth-order valence-corrected chi connectivity index (χ4v) is 5.19. The Balaban J connectivity index is 1.91. The van der Waals surface area contributed by atoms with E-state index < -0.39 is 10.0 Å². The van der Waals surface area contributed by atoms with Gasteiger partial charge in [-0.2, -0.15) is 9.29 Å². The van der Waals surface area contributed by atoms with Crippen molar-refractivity contribution in [3.05, 3.63) is 71.6 Å². The van der Waals surface area contributed by atoms with E-state index in [0.717, 1.165) is 16.9 Å². The third-order valence-corrected chi connectivity index (χ3v) is 6.78. The second kappa shape index (κ2) is 8.81. The monoisotopic (exact) mass is 427 g/mol. The molecule has 0 saturated carbocycles. The summed E-state index contributed by atoms with van der Waals surface area (Å²) in [6.45, 7) is 9.30. The predicted molar refractivity (Wildman–Crippen MR) is 115 cm³/mol. The van der Waals surface area contributed by atoms with Gasteiger partial charge in [0, 0.05) is 12.1 Å². The van der Waals surface area contributed by atoms with Gasteiger partial charge in [-0.1, -0.05) is 28.9 Å². The van der Waals surface area contributed by atoms with Gasteiger partial charge < -0.3 is 9.26 Å². The van der Waals surface area contributed by atoms with Gasteiger partial charge in [-0.15, -0.1) is 6.58 Å². The number of aryl methyl sites for hydroxylation is 3. The van der Waals surface area contributed by atoms with Crippen LogP contribution in [0.2, 0.25) is 0 Å². The van der Waals surface area contributed by atoms with Crippen LogP contribution in [0.1, 0.15) is 22.6 Å². The summed E-state index contributed by atoms with van der Waals surface area (Å²) in [7, 11) is -2.20. The number of methoxy groups -OCH3 is 1. The predicted octanol–water partition coefficient (Wildman–Crippen LogP) is 4.05. The molecule has 3 rings (SSSR count). The van der Waals surface area contributed by atoms with Gasteiger partial charge in [-0.25, -0.2) is 8.42 Å². The van der Waals surface area contributed by atoms with Gasteiger partial charge in [-0.05, 0) is 56.2 Å². The molecule has 0 fully saturated rings. The molecule has 2 aromatic carbocycles. The van der Waals surface area contributed by atoms with Crippen molar-refractivity contribution >= 4 is 10.0 Å². The number of aromatic nitrogens is 2. The lowest BCUT2D eigenvalue weighted by atomic mass is 10.1. The molecular formula is C22H25N3O4S. The summed E-state index contributed by atoms with van der Waals surface area (Å²) in [6.07, 6.45) is 1.54. The van der Waals surface area contributed by atoms with Gasteiger partial charge in [0.15, 0.2) is 0 Å². The lowest BCUT2D eigenvalue weighted by Crippen LogP contribution is -2.32. The van der Waals surface area contributed by atoms with E-state index in [9.17, 15) is 8.42 Å². The van der Waals surface area contributed by atoms with E-state index in [1.807, 2.05) is 31.2 Å². The van der Waals surface area contributed by atoms with Gasteiger partial charge >= 0.3 is 0 Å². The fourth-order valence-electron chi connectivity index (χ4n) is 3.42. The van der Waals surface area contributed by atoms with Crippen LogP contribution in [-0.4, -0.2) is 36.5 Å². The Bertz CT molecular complexity index is 1130. The fraction of sp³-hybridized carbons (Fsp3) is 0.273. The maximum atomic E-state index is 13.4. The van der Waals surface area contributed by atoms with Crippen molar-refractivity contribution in [2.75, 3.05) is 13.7 Å². The van der Waals surface area contributed by atoms with Gasteiger partial charge in [0.25, 0.3) is 0 Å². The molecule has 3 aromatic rings. The van der Waals surface area contributed by atoms with Crippen molar-refractivity contribution in [2.45, 2.75) is 32.2 Å². The summed E-state index contributed by atoms with van der Waals surface area (Å²) in [4.78, 5) is 4.66. The van der Waals surface area contributed by atoms with Crippen LogP contribution < -0.4 is 4.74 Å². The SMILES string of the molecule is C=CCN(Cc1nc(-c2ccc(OC)cc2)no1)S(=O)(=O)c1c(C)cc(C)cc1C. The standard InChI is InChI=1S/C22H25N3O4S/c1-6-11-25(30(26,27)21-16(3)12-15(2)13-17(21)4)14-20-23-22(24-29-20)18-7-9-19(28-5)10-8-18/h6-10,12-13H,1,11,14H2,2-5H3. The molecular weight excluding hydrogens is 402 g/mol. The average molecular weight is 428 g/mol. The zero-order valence-electron chi connectivity index (χ0n) is 17.5. The highest BCUT2D eigenvalue weighted by Gasteiger charge is 2.29. The van der Waals surface area contributed by atoms with Crippen molar-refractivity contribution in [1.82, 2.24) is 14.4 Å². The molecule has 0 unspecified atom stereocenters. The molecule has 0 radical (unpaired) electrons. The Morgan fingerprint density at radius 2 is 1.77 bits per heavy atom. The van der Waals surface area contributed by atoms with Crippen molar-refractivity contribution in [1.29, 1.82) is 0 Å². The Hall–Kier alpha value is -2.97. The van der Waals surface area contributed by atoms with Crippen LogP contribution in [0.25, 0.3) is 11.4 Å². The summed E-state index contributed by atoms with van der Waals surface area (Å²) >= 11 is 0. The highest BCUT2D eigenvalue weighted by molar-refractivity contribution is 7.89. The van der Waals surface area contributed by atoms with Crippen LogP contribution in [-0.2, 0) is 16.6 Å². The highest BCUT2D eigenvalue weighted by atomic mass is 32.2. The van der Waals surface area contributed by atoms with E-state index in [4.69, 9.17) is 9.26 Å². The van der Waals surface area contributed by atoms with E-state index in [1.165, 1.54) is 10.4 Å². The molecule has 0 spiro atoms. The molecule has 30 heavy (non-hydrogen) atoms. The molecule has 1 heterocycles. The second-order valence-electron chi connectivity index (χ2n) is 7.05. The van der Waals surface area contributed by atoms with E-state index >= 15 is 0 Å². The Morgan fingerprint density at radius 3 is 2.33 bits per heavy atom. The summed E-state index contributed by atoms with van der Waals surface area (Å²) in [6, 6.07) is 10.9. The number of sulfonamides is 1. The quantitative estimate of drug-likeness (QED) is 0.504. The van der Waals surface area contributed by atoms with Crippen molar-refractivity contribution in [2.24, 2.45) is 0 Å². The lowest BCUT2D eigenvalue weighted by molar-refractivity contribution is 0.327. The number of benzene rings is 2. The highest BCUT2D eigenvalue weighted by Crippen LogP contribution is 2.27. The second-order valence-corrected chi connectivity index (χ2v) is 8.93. The topological polar surface area (TPSA) is 85.5 Å². The minimum atomic E-state index is -3.79. The first-order valence-corrected chi connectivity index (χ1v) is 10.9. The van der Waals surface area contributed by atoms with Crippen molar-refractivity contribution in [3.63, 3.8) is 0 Å². The molecule has 0 aliphatic rings. The molecule has 7 nitrogen and oxygen atoms in total. The van der Waals surface area contributed by atoms with Crippen LogP contribution in [0.3, 0.4) is 0 Å². The minimum Gasteiger partial charge on any atom is -0.497 e. The minimum absolute atomic E-state index is 0.0513. The third-order valence-electron chi connectivity index (χ3n) is 4.66. The first-order chi connectivity index (χ1) is 14.3. The number of hydrogen-bond donors (Lipinski definition) is 0. The Labute approximate surface area is 177 Å². The molecule has 0 aliphatic carbocycles. The third kappa shape index (κ3) is 4.44. The van der Waals surface area contributed by atoms with Crippen LogP contribution >= 0.6 is 0 Å². The van der Waals surface area contributed by atoms with E-state index in [2.05, 4.69) is 16.7 Å². The maximum absolute atomic E-state index is 13.4. The Kier molecular flexibility index (Phi) is 6.38. The molecule has 0 atom stereocenters. The van der Waals surface area contributed by atoms with Crippen LogP contribution in [0.4, 0.5) is 0 Å². The van der Waals surface area contributed by atoms with E-state index in [1.54, 1.807) is 33.1 Å². The normalized spacial score (nSPS) is 11.6. The van der Waals surface area contributed by atoms with Crippen LogP contribution in [0.15, 0.2) is 58.5 Å². The molecule has 0 N–H and O–H groups in total. The zero-order chi connectivity index (χ0) is 21.9. The van der Waals surface area contributed by atoms with Crippen LogP contribution in [0, 0.1) is 20.8 Å². The lowest BCUT2D eigenvalue weighted by Gasteiger charge is -2.22. The Morgan fingerprint density at radius 1 is 1.13 bits per heavy atom. The molecule has 0 amide bonds. The molecule has 0 aliphatic heterocycles. The van der Waals surface area contributed by atoms with Gasteiger partial charge in [0.2, 0.25) is 21.7 Å². The number of ether oxygens (including phenoxy) is 1. The average Bonchev–Trinajstić information content (AvgIpc) is 3.15. The molecule has 8 heteroatoms. The van der Waals surface area contributed by atoms with Crippen LogP contribution in [0.5, 0.6) is 5.75 Å². The van der Waals surface area contributed by atoms with E-state index in [-0.39, 0.29) is 19.0 Å². The molecule has 158 valence electrons. The van der Waals surface area contributed by atoms with Gasteiger partial charge in [0.05, 0.1) is 18.6 Å². The van der Waals surface area contributed by atoms with Crippen molar-refractivity contribution < 1.29 is 17.7 Å². The smallest absolute Gasteiger partial charge is 0.244 e. The number of hydrogen-bond acceptors (Lipinski definition) is 6. The maximum Gasteiger partial charge on any atom is 0.244 e. The largest absolute Gasteiger partial charge is 0.497 e. The summed E-state index contributed by atoms with van der Waals surface area (Å²) in [5.41, 5.74) is 3.16.